The molecule has 0 fully saturated rings. The minimum atomic E-state index is -0.980. The second-order valence-corrected chi connectivity index (χ2v) is 4.36. The number of hydrogen-bond donors (Lipinski definition) is 2. The van der Waals surface area contributed by atoms with Gasteiger partial charge in [0.25, 0.3) is 0 Å². The van der Waals surface area contributed by atoms with Crippen LogP contribution in [0.4, 0.5) is 0 Å². The van der Waals surface area contributed by atoms with Gasteiger partial charge in [-0.1, -0.05) is 44.7 Å². The van der Waals surface area contributed by atoms with E-state index in [2.05, 4.69) is 6.58 Å². The van der Waals surface area contributed by atoms with Crippen molar-refractivity contribution in [1.29, 1.82) is 0 Å². The first-order valence-electron chi connectivity index (χ1n) is 6.72. The van der Waals surface area contributed by atoms with Crippen LogP contribution in [0.5, 0.6) is 0 Å². The van der Waals surface area contributed by atoms with E-state index in [9.17, 15) is 4.79 Å². The largest absolute Gasteiger partial charge is 0.480 e. The maximum absolute atomic E-state index is 10.8. The molecule has 0 aliphatic rings. The molecule has 0 radical (unpaired) electrons. The number of aliphatic carboxylic acids is 1. The molecule has 20 heavy (non-hydrogen) atoms. The van der Waals surface area contributed by atoms with Gasteiger partial charge in [-0.2, -0.15) is 0 Å². The third-order valence-corrected chi connectivity index (χ3v) is 3.09. The topological polar surface area (TPSA) is 68.2 Å². The van der Waals surface area contributed by atoms with Gasteiger partial charge in [0.15, 0.2) is 0 Å². The van der Waals surface area contributed by atoms with Crippen molar-refractivity contribution in [2.75, 3.05) is 0 Å². The van der Waals surface area contributed by atoms with E-state index in [0.717, 1.165) is 22.0 Å². The Balaban J connectivity index is 0.000000956. The number of hydrogen-bond acceptors (Lipinski definition) is 2. The molecule has 4 heteroatoms. The molecule has 3 N–H and O–H groups in total. The second-order valence-electron chi connectivity index (χ2n) is 4.36. The van der Waals surface area contributed by atoms with Gasteiger partial charge in [0.05, 0.1) is 5.52 Å². The summed E-state index contributed by atoms with van der Waals surface area (Å²) in [5.74, 6) is -0.980. The maximum atomic E-state index is 10.8. The highest BCUT2D eigenvalue weighted by atomic mass is 16.4. The van der Waals surface area contributed by atoms with E-state index in [0.29, 0.717) is 6.42 Å². The van der Waals surface area contributed by atoms with Crippen molar-refractivity contribution in [2.24, 2.45) is 12.8 Å². The monoisotopic (exact) mass is 274 g/mol. The minimum Gasteiger partial charge on any atom is -0.480 e. The number of aryl methyl sites for hydroxylation is 1. The molecule has 0 bridgehead atoms. The number of carboxylic acids is 1. The standard InChI is InChI=1S/C14H16N2O2.C2H6/c1-3-9-5-4-6-11-10(7-12(15)14(17)18)8-16(2)13(9)11;1-2/h3-6,8,12H,1,7,15H2,2H3,(H,17,18);1-2H3. The first-order valence-corrected chi connectivity index (χ1v) is 6.72. The number of aromatic nitrogens is 1. The average molecular weight is 274 g/mol. The molecule has 2 rings (SSSR count). The van der Waals surface area contributed by atoms with Gasteiger partial charge in [0.1, 0.15) is 6.04 Å². The Morgan fingerprint density at radius 3 is 2.70 bits per heavy atom. The molecule has 0 amide bonds. The molecule has 0 aliphatic carbocycles. The second kappa shape index (κ2) is 6.91. The summed E-state index contributed by atoms with van der Waals surface area (Å²) in [6, 6.07) is 5.03. The van der Waals surface area contributed by atoms with Gasteiger partial charge >= 0.3 is 5.97 Å². The van der Waals surface area contributed by atoms with E-state index in [1.54, 1.807) is 6.08 Å². The Morgan fingerprint density at radius 2 is 2.15 bits per heavy atom. The third-order valence-electron chi connectivity index (χ3n) is 3.09. The lowest BCUT2D eigenvalue weighted by atomic mass is 10.0. The summed E-state index contributed by atoms with van der Waals surface area (Å²) in [6.07, 6.45) is 4.05. The first kappa shape index (κ1) is 16.0. The van der Waals surface area contributed by atoms with Crippen molar-refractivity contribution < 1.29 is 9.90 Å². The van der Waals surface area contributed by atoms with Crippen LogP contribution in [0.15, 0.2) is 31.0 Å². The fraction of sp³-hybridized carbons (Fsp3) is 0.312. The highest BCUT2D eigenvalue weighted by Gasteiger charge is 2.16. The van der Waals surface area contributed by atoms with Crippen LogP contribution in [0.1, 0.15) is 25.0 Å². The van der Waals surface area contributed by atoms with Crippen molar-refractivity contribution in [3.05, 3.63) is 42.1 Å². The summed E-state index contributed by atoms with van der Waals surface area (Å²) in [4.78, 5) is 10.8. The number of nitrogens with two attached hydrogens (primary N) is 1. The van der Waals surface area contributed by atoms with Gasteiger partial charge < -0.3 is 15.4 Å². The number of para-hydroxylation sites is 1. The molecule has 1 unspecified atom stereocenters. The predicted octanol–water partition coefficient (Wildman–Crippen LogP) is 2.80. The Kier molecular flexibility index (Phi) is 5.53. The lowest BCUT2D eigenvalue weighted by molar-refractivity contribution is -0.138. The summed E-state index contributed by atoms with van der Waals surface area (Å²) < 4.78 is 1.98. The molecule has 108 valence electrons. The molecule has 1 heterocycles. The maximum Gasteiger partial charge on any atom is 0.320 e. The van der Waals surface area contributed by atoms with Gasteiger partial charge in [-0.25, -0.2) is 0 Å². The molecule has 0 spiro atoms. The van der Waals surface area contributed by atoms with Crippen molar-refractivity contribution in [3.63, 3.8) is 0 Å². The third kappa shape index (κ3) is 3.08. The molecule has 1 aromatic heterocycles. The van der Waals surface area contributed by atoms with Crippen LogP contribution in [0.2, 0.25) is 0 Å². The smallest absolute Gasteiger partial charge is 0.320 e. The molecule has 1 atom stereocenters. The van der Waals surface area contributed by atoms with Crippen LogP contribution in [0, 0.1) is 0 Å². The van der Waals surface area contributed by atoms with E-state index in [4.69, 9.17) is 10.8 Å². The van der Waals surface area contributed by atoms with Crippen LogP contribution in [-0.4, -0.2) is 21.7 Å². The zero-order valence-electron chi connectivity index (χ0n) is 12.3. The van der Waals surface area contributed by atoms with Gasteiger partial charge in [-0.3, -0.25) is 4.79 Å². The Labute approximate surface area is 119 Å². The van der Waals surface area contributed by atoms with Crippen molar-refractivity contribution in [2.45, 2.75) is 26.3 Å². The van der Waals surface area contributed by atoms with Crippen LogP contribution in [-0.2, 0) is 18.3 Å². The summed E-state index contributed by atoms with van der Waals surface area (Å²) in [5.41, 5.74) is 8.63. The van der Waals surface area contributed by atoms with Crippen molar-refractivity contribution in [1.82, 2.24) is 4.57 Å². The summed E-state index contributed by atoms with van der Waals surface area (Å²) in [7, 11) is 1.94. The molecule has 2 aromatic rings. The molecule has 1 aromatic carbocycles. The zero-order chi connectivity index (χ0) is 15.3. The number of benzene rings is 1. The van der Waals surface area contributed by atoms with Crippen LogP contribution in [0.25, 0.3) is 17.0 Å². The summed E-state index contributed by atoms with van der Waals surface area (Å²) in [6.45, 7) is 7.79. The van der Waals surface area contributed by atoms with Crippen LogP contribution < -0.4 is 5.73 Å². The van der Waals surface area contributed by atoms with Crippen LogP contribution in [0.3, 0.4) is 0 Å². The number of fused-ring (bicyclic) bond motifs is 1. The average Bonchev–Trinajstić information content (AvgIpc) is 2.77. The fourth-order valence-corrected chi connectivity index (χ4v) is 2.23. The van der Waals surface area contributed by atoms with E-state index in [1.165, 1.54) is 0 Å². The van der Waals surface area contributed by atoms with E-state index in [1.807, 2.05) is 49.9 Å². The molecular formula is C16H22N2O2. The number of carbonyl (C=O) groups is 1. The number of nitrogens with zero attached hydrogens (tertiary/aromatic N) is 1. The molecular weight excluding hydrogens is 252 g/mol. The highest BCUT2D eigenvalue weighted by Crippen LogP contribution is 2.25. The molecule has 0 saturated heterocycles. The minimum absolute atomic E-state index is 0.327. The highest BCUT2D eigenvalue weighted by molar-refractivity contribution is 5.91. The Morgan fingerprint density at radius 1 is 1.50 bits per heavy atom. The normalized spacial score (nSPS) is 11.6. The van der Waals surface area contributed by atoms with Crippen LogP contribution >= 0.6 is 0 Å². The van der Waals surface area contributed by atoms with Gasteiger partial charge in [-0.15, -0.1) is 0 Å². The number of rotatable bonds is 4. The fourth-order valence-electron chi connectivity index (χ4n) is 2.23. The molecule has 0 aliphatic heterocycles. The SMILES string of the molecule is C=Cc1cccc2c(CC(N)C(=O)O)cn(C)c12.CC. The predicted molar refractivity (Wildman–Crippen MR) is 83.7 cm³/mol. The Hall–Kier alpha value is -2.07. The summed E-state index contributed by atoms with van der Waals surface area (Å²) in [5, 5.41) is 9.91. The Bertz CT molecular complexity index is 614. The van der Waals surface area contributed by atoms with E-state index < -0.39 is 12.0 Å². The molecule has 0 saturated carbocycles. The quantitative estimate of drug-likeness (QED) is 0.900. The van der Waals surface area contributed by atoms with Gasteiger partial charge in [-0.05, 0) is 11.1 Å². The van der Waals surface area contributed by atoms with Crippen molar-refractivity contribution >= 4 is 22.9 Å². The first-order chi connectivity index (χ1) is 9.54. The lowest BCUT2D eigenvalue weighted by Gasteiger charge is -2.05. The number of carboxylic acid groups (broad SMARTS) is 1. The van der Waals surface area contributed by atoms with Crippen molar-refractivity contribution in [3.8, 4) is 0 Å². The van der Waals surface area contributed by atoms with E-state index in [-0.39, 0.29) is 0 Å². The van der Waals surface area contributed by atoms with Gasteiger partial charge in [0, 0.05) is 25.1 Å². The zero-order valence-corrected chi connectivity index (χ0v) is 12.3. The summed E-state index contributed by atoms with van der Waals surface area (Å²) >= 11 is 0. The van der Waals surface area contributed by atoms with Gasteiger partial charge in [0.2, 0.25) is 0 Å². The van der Waals surface area contributed by atoms with E-state index >= 15 is 0 Å². The lowest BCUT2D eigenvalue weighted by Crippen LogP contribution is -2.32. The molecule has 4 nitrogen and oxygen atoms in total.